The number of anilines is 3. The molecule has 0 N–H and O–H groups in total. The first-order valence-electron chi connectivity index (χ1n) is 9.72. The van der Waals surface area contributed by atoms with Crippen molar-refractivity contribution in [3.63, 3.8) is 0 Å². The van der Waals surface area contributed by atoms with Crippen molar-refractivity contribution in [3.05, 3.63) is 106 Å². The van der Waals surface area contributed by atoms with Crippen LogP contribution < -0.4 is 15.3 Å². The molecule has 3 aromatic carbocycles. The van der Waals surface area contributed by atoms with Gasteiger partial charge in [0, 0.05) is 23.4 Å². The molecular formula is C25H18ClNO3. The summed E-state index contributed by atoms with van der Waals surface area (Å²) in [5.74, 6) is 1.20. The van der Waals surface area contributed by atoms with E-state index < -0.39 is 5.63 Å². The van der Waals surface area contributed by atoms with Crippen molar-refractivity contribution in [1.82, 2.24) is 0 Å². The van der Waals surface area contributed by atoms with Gasteiger partial charge in [0.1, 0.15) is 11.5 Å². The highest BCUT2D eigenvalue weighted by atomic mass is 35.5. The van der Waals surface area contributed by atoms with E-state index in [-0.39, 0.29) is 5.02 Å². The summed E-state index contributed by atoms with van der Waals surface area (Å²) in [5.41, 5.74) is 3.45. The topological polar surface area (TPSA) is 42.7 Å². The highest BCUT2D eigenvalue weighted by Crippen LogP contribution is 2.45. The molecule has 0 saturated heterocycles. The molecule has 0 bridgehead atoms. The lowest BCUT2D eigenvalue weighted by atomic mass is 10.0. The summed E-state index contributed by atoms with van der Waals surface area (Å²) in [5, 5.41) is 0.0563. The van der Waals surface area contributed by atoms with Gasteiger partial charge in [-0.2, -0.15) is 0 Å². The molecule has 4 nitrogen and oxygen atoms in total. The van der Waals surface area contributed by atoms with Gasteiger partial charge >= 0.3 is 5.63 Å². The second-order valence-corrected chi connectivity index (χ2v) is 7.34. The van der Waals surface area contributed by atoms with Crippen molar-refractivity contribution in [3.8, 4) is 17.1 Å². The first-order valence-corrected chi connectivity index (χ1v) is 10.1. The maximum absolute atomic E-state index is 12.8. The van der Waals surface area contributed by atoms with Crippen molar-refractivity contribution in [1.29, 1.82) is 0 Å². The van der Waals surface area contributed by atoms with E-state index in [1.54, 1.807) is 0 Å². The summed E-state index contributed by atoms with van der Waals surface area (Å²) in [6.45, 7) is 0.457. The van der Waals surface area contributed by atoms with E-state index in [0.29, 0.717) is 30.2 Å². The fourth-order valence-electron chi connectivity index (χ4n) is 3.82. The molecule has 0 amide bonds. The molecule has 148 valence electrons. The summed E-state index contributed by atoms with van der Waals surface area (Å²) >= 11 is 6.62. The van der Waals surface area contributed by atoms with Crippen molar-refractivity contribution in [2.75, 3.05) is 11.5 Å². The number of halogens is 1. The fraction of sp³-hybridized carbons (Fsp3) is 0.0800. The lowest BCUT2D eigenvalue weighted by Crippen LogP contribution is -2.18. The van der Waals surface area contributed by atoms with Crippen molar-refractivity contribution < 1.29 is 9.15 Å². The standard InChI is InChI=1S/C25H18ClNO3/c26-22-23(27(17-9-3-1-4-10-17)18-11-5-2-6-12-18)20-15-16-29-21-14-8-7-13-19(21)24(20)30-25(22)28/h1-14H,15-16H2. The maximum Gasteiger partial charge on any atom is 0.357 e. The summed E-state index contributed by atoms with van der Waals surface area (Å²) in [7, 11) is 0. The van der Waals surface area contributed by atoms with Gasteiger partial charge in [-0.15, -0.1) is 0 Å². The third-order valence-electron chi connectivity index (χ3n) is 5.14. The molecule has 0 saturated carbocycles. The molecule has 5 rings (SSSR count). The Morgan fingerprint density at radius 2 is 1.40 bits per heavy atom. The Hall–Kier alpha value is -3.50. The molecule has 0 radical (unpaired) electrons. The second-order valence-electron chi connectivity index (χ2n) is 6.96. The van der Waals surface area contributed by atoms with Crippen LogP contribution in [0.15, 0.2) is 94.1 Å². The lowest BCUT2D eigenvalue weighted by Gasteiger charge is -2.28. The summed E-state index contributed by atoms with van der Waals surface area (Å²) < 4.78 is 11.6. The number of ether oxygens (including phenoxy) is 1. The van der Waals surface area contributed by atoms with Gasteiger partial charge in [0.25, 0.3) is 0 Å². The van der Waals surface area contributed by atoms with Crippen LogP contribution >= 0.6 is 11.6 Å². The molecule has 0 spiro atoms. The summed E-state index contributed by atoms with van der Waals surface area (Å²) in [6.07, 6.45) is 0.555. The fourth-order valence-corrected chi connectivity index (χ4v) is 4.06. The number of rotatable bonds is 3. The Morgan fingerprint density at radius 3 is 2.07 bits per heavy atom. The molecule has 0 atom stereocenters. The zero-order valence-electron chi connectivity index (χ0n) is 16.0. The van der Waals surface area contributed by atoms with Crippen LogP contribution in [0.1, 0.15) is 5.56 Å². The van der Waals surface area contributed by atoms with Crippen LogP contribution in [0.25, 0.3) is 11.3 Å². The van der Waals surface area contributed by atoms with Gasteiger partial charge in [-0.3, -0.25) is 0 Å². The Kier molecular flexibility index (Phi) is 4.77. The molecule has 4 aromatic rings. The van der Waals surface area contributed by atoms with E-state index in [1.165, 1.54) is 0 Å². The van der Waals surface area contributed by atoms with Gasteiger partial charge in [0.05, 0.1) is 17.9 Å². The maximum atomic E-state index is 12.8. The number of para-hydroxylation sites is 3. The minimum atomic E-state index is -0.570. The Balaban J connectivity index is 1.84. The third kappa shape index (κ3) is 3.15. The van der Waals surface area contributed by atoms with Crippen LogP contribution in [-0.2, 0) is 6.42 Å². The van der Waals surface area contributed by atoms with Gasteiger partial charge in [0.2, 0.25) is 0 Å². The first-order chi connectivity index (χ1) is 14.7. The van der Waals surface area contributed by atoms with Gasteiger partial charge in [-0.05, 0) is 36.4 Å². The predicted molar refractivity (Wildman–Crippen MR) is 119 cm³/mol. The van der Waals surface area contributed by atoms with Crippen LogP contribution in [0.5, 0.6) is 5.75 Å². The minimum Gasteiger partial charge on any atom is -0.492 e. The van der Waals surface area contributed by atoms with Gasteiger partial charge in [-0.1, -0.05) is 60.1 Å². The Labute approximate surface area is 178 Å². The molecule has 1 aromatic heterocycles. The smallest absolute Gasteiger partial charge is 0.357 e. The molecule has 0 aliphatic carbocycles. The van der Waals surface area contributed by atoms with E-state index >= 15 is 0 Å². The minimum absolute atomic E-state index is 0.0563. The average molecular weight is 416 g/mol. The van der Waals surface area contributed by atoms with Crippen LogP contribution in [0.4, 0.5) is 17.1 Å². The van der Waals surface area contributed by atoms with Gasteiger partial charge in [0.15, 0.2) is 5.02 Å². The van der Waals surface area contributed by atoms with Crippen molar-refractivity contribution >= 4 is 28.7 Å². The molecule has 0 fully saturated rings. The molecule has 30 heavy (non-hydrogen) atoms. The molecular weight excluding hydrogens is 398 g/mol. The van der Waals surface area contributed by atoms with Crippen LogP contribution in [0, 0.1) is 0 Å². The number of fused-ring (bicyclic) bond motifs is 3. The lowest BCUT2D eigenvalue weighted by molar-refractivity contribution is 0.326. The van der Waals surface area contributed by atoms with E-state index in [0.717, 1.165) is 22.5 Å². The predicted octanol–water partition coefficient (Wildman–Crippen LogP) is 6.36. The largest absolute Gasteiger partial charge is 0.492 e. The summed E-state index contributed by atoms with van der Waals surface area (Å²) in [6, 6.07) is 27.3. The highest BCUT2D eigenvalue weighted by molar-refractivity contribution is 6.33. The Morgan fingerprint density at radius 1 is 0.800 bits per heavy atom. The summed E-state index contributed by atoms with van der Waals surface area (Å²) in [4.78, 5) is 14.8. The molecule has 1 aliphatic heterocycles. The van der Waals surface area contributed by atoms with Gasteiger partial charge in [-0.25, -0.2) is 4.79 Å². The number of hydrogen-bond acceptors (Lipinski definition) is 4. The highest BCUT2D eigenvalue weighted by Gasteiger charge is 2.28. The zero-order chi connectivity index (χ0) is 20.5. The van der Waals surface area contributed by atoms with Crippen molar-refractivity contribution in [2.45, 2.75) is 6.42 Å². The van der Waals surface area contributed by atoms with E-state index in [9.17, 15) is 4.79 Å². The normalized spacial score (nSPS) is 12.3. The van der Waals surface area contributed by atoms with Crippen LogP contribution in [0.3, 0.4) is 0 Å². The number of nitrogens with zero attached hydrogens (tertiary/aromatic N) is 1. The molecule has 2 heterocycles. The first kappa shape index (κ1) is 18.5. The Bertz CT molecular complexity index is 1210. The van der Waals surface area contributed by atoms with E-state index in [1.807, 2.05) is 89.8 Å². The van der Waals surface area contributed by atoms with Crippen molar-refractivity contribution in [2.24, 2.45) is 0 Å². The second kappa shape index (κ2) is 7.73. The van der Waals surface area contributed by atoms with E-state index in [4.69, 9.17) is 20.8 Å². The molecule has 0 unspecified atom stereocenters. The molecule has 5 heteroatoms. The van der Waals surface area contributed by atoms with Crippen LogP contribution in [0.2, 0.25) is 5.02 Å². The average Bonchev–Trinajstić information content (AvgIpc) is 2.97. The molecule has 1 aliphatic rings. The quantitative estimate of drug-likeness (QED) is 0.390. The third-order valence-corrected chi connectivity index (χ3v) is 5.47. The SMILES string of the molecule is O=c1oc2c(c(N(c3ccccc3)c3ccccc3)c1Cl)CCOc1ccccc1-2. The number of hydrogen-bond donors (Lipinski definition) is 0. The van der Waals surface area contributed by atoms with Gasteiger partial charge < -0.3 is 14.1 Å². The monoisotopic (exact) mass is 415 g/mol. The van der Waals surface area contributed by atoms with E-state index in [2.05, 4.69) is 0 Å². The van der Waals surface area contributed by atoms with Crippen LogP contribution in [-0.4, -0.2) is 6.61 Å². The number of benzene rings is 3. The zero-order valence-corrected chi connectivity index (χ0v) is 16.8.